The third kappa shape index (κ3) is 3.44. The standard InChI is InChI=1S/C16H21N3O4/c1-9-8-13(22-10(9)2)15(20)18-14(12-4-6-21-7-5-12)16-17-11(3)19-23-16/h8,12,14H,4-7H2,1-3H3,(H,18,20). The maximum Gasteiger partial charge on any atom is 0.287 e. The molecule has 1 saturated heterocycles. The second-order valence-corrected chi connectivity index (χ2v) is 5.93. The molecular weight excluding hydrogens is 298 g/mol. The molecule has 0 aromatic carbocycles. The quantitative estimate of drug-likeness (QED) is 0.931. The number of carbonyl (C=O) groups is 1. The second-order valence-electron chi connectivity index (χ2n) is 5.93. The number of carbonyl (C=O) groups excluding carboxylic acids is 1. The molecule has 1 amide bonds. The van der Waals surface area contributed by atoms with E-state index in [0.717, 1.165) is 24.2 Å². The highest BCUT2D eigenvalue weighted by Crippen LogP contribution is 2.29. The van der Waals surface area contributed by atoms with Crippen molar-refractivity contribution in [2.75, 3.05) is 13.2 Å². The minimum absolute atomic E-state index is 0.199. The summed E-state index contributed by atoms with van der Waals surface area (Å²) in [5.74, 6) is 1.96. The van der Waals surface area contributed by atoms with E-state index >= 15 is 0 Å². The van der Waals surface area contributed by atoms with E-state index < -0.39 is 0 Å². The first-order chi connectivity index (χ1) is 11.0. The third-order valence-corrected chi connectivity index (χ3v) is 4.22. The van der Waals surface area contributed by atoms with Gasteiger partial charge >= 0.3 is 0 Å². The summed E-state index contributed by atoms with van der Waals surface area (Å²) in [5.41, 5.74) is 0.950. The molecule has 1 aliphatic rings. The number of nitrogens with one attached hydrogen (secondary N) is 1. The van der Waals surface area contributed by atoms with Gasteiger partial charge in [-0.25, -0.2) is 0 Å². The summed E-state index contributed by atoms with van der Waals surface area (Å²) >= 11 is 0. The molecule has 0 radical (unpaired) electrons. The largest absolute Gasteiger partial charge is 0.456 e. The molecule has 0 bridgehead atoms. The van der Waals surface area contributed by atoms with Crippen molar-refractivity contribution in [2.45, 2.75) is 39.7 Å². The van der Waals surface area contributed by atoms with Crippen LogP contribution in [0.25, 0.3) is 0 Å². The lowest BCUT2D eigenvalue weighted by Gasteiger charge is -2.28. The predicted molar refractivity (Wildman–Crippen MR) is 81.0 cm³/mol. The van der Waals surface area contributed by atoms with Crippen LogP contribution in [0.15, 0.2) is 15.0 Å². The molecule has 2 aromatic rings. The van der Waals surface area contributed by atoms with Crippen LogP contribution >= 0.6 is 0 Å². The SMILES string of the molecule is Cc1noc(C(NC(=O)c2cc(C)c(C)o2)C2CCOCC2)n1. The van der Waals surface area contributed by atoms with Crippen molar-refractivity contribution in [2.24, 2.45) is 5.92 Å². The van der Waals surface area contributed by atoms with Crippen LogP contribution in [0, 0.1) is 26.7 Å². The highest BCUT2D eigenvalue weighted by atomic mass is 16.5. The van der Waals surface area contributed by atoms with Gasteiger partial charge in [0, 0.05) is 13.2 Å². The lowest BCUT2D eigenvalue weighted by molar-refractivity contribution is 0.0463. The lowest BCUT2D eigenvalue weighted by atomic mass is 9.91. The first-order valence-electron chi connectivity index (χ1n) is 7.80. The number of amides is 1. The number of nitrogens with zero attached hydrogens (tertiary/aromatic N) is 2. The number of rotatable bonds is 4. The average Bonchev–Trinajstić information content (AvgIpc) is 3.12. The normalized spacial score (nSPS) is 17.2. The highest BCUT2D eigenvalue weighted by molar-refractivity contribution is 5.92. The van der Waals surface area contributed by atoms with Crippen LogP contribution in [0.3, 0.4) is 0 Å². The van der Waals surface area contributed by atoms with Gasteiger partial charge in [0.1, 0.15) is 11.8 Å². The summed E-state index contributed by atoms with van der Waals surface area (Å²) < 4.78 is 16.2. The Morgan fingerprint density at radius 1 is 1.30 bits per heavy atom. The third-order valence-electron chi connectivity index (χ3n) is 4.22. The van der Waals surface area contributed by atoms with E-state index in [1.54, 1.807) is 13.0 Å². The topological polar surface area (TPSA) is 90.4 Å². The Hall–Kier alpha value is -2.15. The molecule has 23 heavy (non-hydrogen) atoms. The molecule has 0 aliphatic carbocycles. The number of aromatic nitrogens is 2. The Balaban J connectivity index is 1.81. The van der Waals surface area contributed by atoms with Crippen LogP contribution in [0.5, 0.6) is 0 Å². The fourth-order valence-electron chi connectivity index (χ4n) is 2.77. The molecule has 0 spiro atoms. The van der Waals surface area contributed by atoms with Gasteiger partial charge in [-0.3, -0.25) is 4.79 Å². The molecule has 7 nitrogen and oxygen atoms in total. The van der Waals surface area contributed by atoms with E-state index in [9.17, 15) is 4.79 Å². The van der Waals surface area contributed by atoms with Crippen LogP contribution in [0.1, 0.15) is 52.5 Å². The zero-order valence-corrected chi connectivity index (χ0v) is 13.6. The molecule has 1 N–H and O–H groups in total. The summed E-state index contributed by atoms with van der Waals surface area (Å²) in [6.07, 6.45) is 1.67. The maximum absolute atomic E-state index is 12.5. The average molecular weight is 319 g/mol. The number of furan rings is 1. The number of aryl methyl sites for hydroxylation is 3. The predicted octanol–water partition coefficient (Wildman–Crippen LogP) is 2.49. The Bertz CT molecular complexity index is 666. The minimum Gasteiger partial charge on any atom is -0.456 e. The molecular formula is C16H21N3O4. The van der Waals surface area contributed by atoms with Gasteiger partial charge in [0.25, 0.3) is 5.91 Å². The van der Waals surface area contributed by atoms with Crippen LogP contribution in [-0.2, 0) is 4.74 Å². The number of hydrogen-bond acceptors (Lipinski definition) is 6. The fourth-order valence-corrected chi connectivity index (χ4v) is 2.77. The number of hydrogen-bond donors (Lipinski definition) is 1. The fraction of sp³-hybridized carbons (Fsp3) is 0.562. The van der Waals surface area contributed by atoms with Crippen LogP contribution in [0.4, 0.5) is 0 Å². The van der Waals surface area contributed by atoms with Crippen molar-refractivity contribution >= 4 is 5.91 Å². The molecule has 1 aliphatic heterocycles. The van der Waals surface area contributed by atoms with Gasteiger partial charge < -0.3 is 19.0 Å². The molecule has 0 saturated carbocycles. The van der Waals surface area contributed by atoms with Gasteiger partial charge in [0.05, 0.1) is 0 Å². The molecule has 2 aromatic heterocycles. The van der Waals surface area contributed by atoms with Crippen LogP contribution in [0.2, 0.25) is 0 Å². The molecule has 3 heterocycles. The minimum atomic E-state index is -0.335. The zero-order chi connectivity index (χ0) is 16.4. The van der Waals surface area contributed by atoms with Crippen molar-refractivity contribution in [3.8, 4) is 0 Å². The summed E-state index contributed by atoms with van der Waals surface area (Å²) in [4.78, 5) is 16.8. The summed E-state index contributed by atoms with van der Waals surface area (Å²) in [7, 11) is 0. The van der Waals surface area contributed by atoms with E-state index in [4.69, 9.17) is 13.7 Å². The Kier molecular flexibility index (Phi) is 4.47. The Labute approximate surface area is 134 Å². The van der Waals surface area contributed by atoms with Gasteiger partial charge in [0.2, 0.25) is 5.89 Å². The van der Waals surface area contributed by atoms with E-state index in [1.807, 2.05) is 13.8 Å². The van der Waals surface area contributed by atoms with Crippen molar-refractivity contribution in [3.63, 3.8) is 0 Å². The molecule has 3 rings (SSSR count). The van der Waals surface area contributed by atoms with E-state index in [1.165, 1.54) is 0 Å². The summed E-state index contributed by atoms with van der Waals surface area (Å²) in [5, 5.41) is 6.83. The van der Waals surface area contributed by atoms with Crippen LogP contribution < -0.4 is 5.32 Å². The van der Waals surface area contributed by atoms with Gasteiger partial charge in [0.15, 0.2) is 11.6 Å². The van der Waals surface area contributed by atoms with Gasteiger partial charge in [-0.1, -0.05) is 5.16 Å². The monoisotopic (exact) mass is 319 g/mol. The second kappa shape index (κ2) is 6.54. The molecule has 1 unspecified atom stereocenters. The van der Waals surface area contributed by atoms with Crippen molar-refractivity contribution in [3.05, 3.63) is 34.9 Å². The summed E-state index contributed by atoms with van der Waals surface area (Å²) in [6, 6.07) is 1.41. The van der Waals surface area contributed by atoms with E-state index in [-0.39, 0.29) is 17.9 Å². The highest BCUT2D eigenvalue weighted by Gasteiger charge is 2.32. The molecule has 1 atom stereocenters. The van der Waals surface area contributed by atoms with Crippen molar-refractivity contribution in [1.29, 1.82) is 0 Å². The Morgan fingerprint density at radius 2 is 2.04 bits per heavy atom. The summed E-state index contributed by atoms with van der Waals surface area (Å²) in [6.45, 7) is 6.84. The van der Waals surface area contributed by atoms with Crippen molar-refractivity contribution in [1.82, 2.24) is 15.5 Å². The smallest absolute Gasteiger partial charge is 0.287 e. The first kappa shape index (κ1) is 15.7. The molecule has 124 valence electrons. The van der Waals surface area contributed by atoms with Gasteiger partial charge in [-0.15, -0.1) is 0 Å². The van der Waals surface area contributed by atoms with E-state index in [0.29, 0.717) is 30.7 Å². The van der Waals surface area contributed by atoms with Crippen LogP contribution in [-0.4, -0.2) is 29.3 Å². The maximum atomic E-state index is 12.5. The zero-order valence-electron chi connectivity index (χ0n) is 13.6. The van der Waals surface area contributed by atoms with Crippen molar-refractivity contribution < 1.29 is 18.5 Å². The van der Waals surface area contributed by atoms with Gasteiger partial charge in [-0.05, 0) is 51.2 Å². The van der Waals surface area contributed by atoms with Gasteiger partial charge in [-0.2, -0.15) is 4.98 Å². The van der Waals surface area contributed by atoms with E-state index in [2.05, 4.69) is 15.5 Å². The lowest BCUT2D eigenvalue weighted by Crippen LogP contribution is -2.36. The Morgan fingerprint density at radius 3 is 2.61 bits per heavy atom. The molecule has 1 fully saturated rings. The number of ether oxygens (including phenoxy) is 1. The first-order valence-corrected chi connectivity index (χ1v) is 7.80. The molecule has 7 heteroatoms.